The van der Waals surface area contributed by atoms with E-state index in [2.05, 4.69) is 32.4 Å². The van der Waals surface area contributed by atoms with Gasteiger partial charge in [0.05, 0.1) is 0 Å². The molecule has 1 nitrogen and oxygen atoms in total. The van der Waals surface area contributed by atoms with E-state index in [-0.39, 0.29) is 0 Å². The Labute approximate surface area is 66.8 Å². The van der Waals surface area contributed by atoms with E-state index in [1.165, 1.54) is 19.3 Å². The number of hydrogen-bond acceptors (Lipinski definition) is 1. The molecule has 0 radical (unpaired) electrons. The van der Waals surface area contributed by atoms with Gasteiger partial charge in [0.2, 0.25) is 0 Å². The van der Waals surface area contributed by atoms with Crippen molar-refractivity contribution < 1.29 is 4.74 Å². The molecule has 0 spiro atoms. The summed E-state index contributed by atoms with van der Waals surface area (Å²) in [7, 11) is 3.25. The van der Waals surface area contributed by atoms with Crippen molar-refractivity contribution in [3.05, 3.63) is 0 Å². The van der Waals surface area contributed by atoms with Crippen LogP contribution in [0, 0.1) is 0 Å². The minimum Gasteiger partial charge on any atom is -0.388 e. The van der Waals surface area contributed by atoms with Gasteiger partial charge in [-0.3, -0.25) is 0 Å². The molecule has 0 saturated heterocycles. The third kappa shape index (κ3) is 418. The van der Waals surface area contributed by atoms with Crippen molar-refractivity contribution in [1.29, 1.82) is 0 Å². The van der Waals surface area contributed by atoms with Crippen LogP contribution in [0.1, 0.15) is 47.0 Å². The van der Waals surface area contributed by atoms with E-state index in [0.717, 1.165) is 0 Å². The van der Waals surface area contributed by atoms with Gasteiger partial charge < -0.3 is 4.74 Å². The fraction of sp³-hybridized carbons (Fsp3) is 1.00. The number of ether oxygens (including phenoxy) is 1. The molecule has 1 heteroatoms. The molecule has 0 aromatic rings. The van der Waals surface area contributed by atoms with Gasteiger partial charge in [-0.1, -0.05) is 47.0 Å². The molecule has 0 aromatic heterocycles. The summed E-state index contributed by atoms with van der Waals surface area (Å²) in [6.45, 7) is 8.61. The maximum absolute atomic E-state index is 4.25. The third-order valence-corrected chi connectivity index (χ3v) is 0.500. The van der Waals surface area contributed by atoms with Crippen molar-refractivity contribution in [2.24, 2.45) is 0 Å². The molecule has 0 atom stereocenters. The zero-order chi connectivity index (χ0) is 8.83. The van der Waals surface area contributed by atoms with E-state index < -0.39 is 0 Å². The first kappa shape index (κ1) is 16.5. The van der Waals surface area contributed by atoms with Gasteiger partial charge in [-0.2, -0.15) is 0 Å². The topological polar surface area (TPSA) is 9.23 Å². The molecule has 0 fully saturated rings. The average molecular weight is 148 g/mol. The summed E-state index contributed by atoms with van der Waals surface area (Å²) in [5.41, 5.74) is 0. The lowest BCUT2D eigenvalue weighted by molar-refractivity contribution is 0.277. The van der Waals surface area contributed by atoms with Crippen molar-refractivity contribution in [2.45, 2.75) is 47.0 Å². The number of methoxy groups -OCH3 is 1. The van der Waals surface area contributed by atoms with Crippen LogP contribution in [0.3, 0.4) is 0 Å². The summed E-state index contributed by atoms with van der Waals surface area (Å²) in [6.07, 6.45) is 3.89. The summed E-state index contributed by atoms with van der Waals surface area (Å²) >= 11 is 0. The summed E-state index contributed by atoms with van der Waals surface area (Å²) in [5.74, 6) is 0. The van der Waals surface area contributed by atoms with Crippen molar-refractivity contribution >= 4 is 0 Å². The highest BCUT2D eigenvalue weighted by atomic mass is 16.4. The second kappa shape index (κ2) is 36.2. The number of unbranched alkanes of at least 4 members (excludes halogenated alkanes) is 1. The predicted molar refractivity (Wildman–Crippen MR) is 49.5 cm³/mol. The van der Waals surface area contributed by atoms with Crippen LogP contribution in [-0.2, 0) is 4.74 Å². The number of hydrogen-bond donors (Lipinski definition) is 0. The molecule has 0 aromatic carbocycles. The largest absolute Gasteiger partial charge is 0.388 e. The maximum Gasteiger partial charge on any atom is 0.0351 e. The third-order valence-electron chi connectivity index (χ3n) is 0.500. The second-order valence-corrected chi connectivity index (χ2v) is 2.12. The molecule has 0 aliphatic rings. The zero-order valence-corrected chi connectivity index (χ0v) is 8.53. The first-order valence-electron chi connectivity index (χ1n) is 4.14. The highest BCUT2D eigenvalue weighted by molar-refractivity contribution is 4.12. The van der Waals surface area contributed by atoms with Gasteiger partial charge in [-0.25, -0.2) is 0 Å². The molecule has 0 unspecified atom stereocenters. The van der Waals surface area contributed by atoms with E-state index >= 15 is 0 Å². The van der Waals surface area contributed by atoms with Gasteiger partial charge in [0.25, 0.3) is 0 Å². The minimum absolute atomic E-state index is 1.25. The first-order valence-corrected chi connectivity index (χ1v) is 4.14. The van der Waals surface area contributed by atoms with Crippen LogP contribution < -0.4 is 0 Å². The summed E-state index contributed by atoms with van der Waals surface area (Å²) in [5, 5.41) is 0. The van der Waals surface area contributed by atoms with Crippen molar-refractivity contribution in [1.82, 2.24) is 0 Å². The lowest BCUT2D eigenvalue weighted by Gasteiger charge is -1.68. The smallest absolute Gasteiger partial charge is 0.0351 e. The van der Waals surface area contributed by atoms with E-state index in [0.29, 0.717) is 0 Å². The standard InChI is InChI=1S/C4H10.C3H8.C2H6O/c1-3-4-2;2*1-3-2/h3-4H2,1-2H3;3H2,1-2H3;1-2H3. The van der Waals surface area contributed by atoms with Crippen LogP contribution in [0.5, 0.6) is 0 Å². The Kier molecular flexibility index (Phi) is 59.8. The SMILES string of the molecule is CCC.CCCC.COC. The van der Waals surface area contributed by atoms with E-state index in [9.17, 15) is 0 Å². The highest BCUT2D eigenvalue weighted by Gasteiger charge is 1.56. The van der Waals surface area contributed by atoms with Gasteiger partial charge in [0.1, 0.15) is 0 Å². The van der Waals surface area contributed by atoms with Gasteiger partial charge in [-0.15, -0.1) is 0 Å². The van der Waals surface area contributed by atoms with Crippen molar-refractivity contribution in [2.75, 3.05) is 14.2 Å². The van der Waals surface area contributed by atoms with Crippen molar-refractivity contribution in [3.63, 3.8) is 0 Å². The van der Waals surface area contributed by atoms with Crippen LogP contribution in [0.25, 0.3) is 0 Å². The summed E-state index contributed by atoms with van der Waals surface area (Å²) < 4.78 is 4.25. The number of rotatable bonds is 1. The molecule has 0 aliphatic carbocycles. The molecule has 0 saturated carbocycles. The zero-order valence-electron chi connectivity index (χ0n) is 8.53. The molecular weight excluding hydrogens is 124 g/mol. The summed E-state index contributed by atoms with van der Waals surface area (Å²) in [4.78, 5) is 0. The molecule has 0 bridgehead atoms. The lowest BCUT2D eigenvalue weighted by Crippen LogP contribution is -1.55. The van der Waals surface area contributed by atoms with Gasteiger partial charge in [0, 0.05) is 14.2 Å². The molecular formula is C9H24O. The Hall–Kier alpha value is -0.0400. The average Bonchev–Trinajstić information content (AvgIpc) is 1.91. The first-order chi connectivity index (χ1) is 4.74. The highest BCUT2D eigenvalue weighted by Crippen LogP contribution is 1.76. The maximum atomic E-state index is 4.25. The normalized spacial score (nSPS) is 6.60. The quantitative estimate of drug-likeness (QED) is 0.553. The molecule has 10 heavy (non-hydrogen) atoms. The Balaban J connectivity index is -0.0000000750. The monoisotopic (exact) mass is 148 g/mol. The Morgan fingerprint density at radius 3 is 0.900 bits per heavy atom. The van der Waals surface area contributed by atoms with Crippen LogP contribution in [0.4, 0.5) is 0 Å². The Morgan fingerprint density at radius 1 is 0.800 bits per heavy atom. The van der Waals surface area contributed by atoms with Crippen LogP contribution in [-0.4, -0.2) is 14.2 Å². The predicted octanol–water partition coefficient (Wildman–Crippen LogP) is 3.49. The van der Waals surface area contributed by atoms with Gasteiger partial charge in [0.15, 0.2) is 0 Å². The van der Waals surface area contributed by atoms with Crippen LogP contribution >= 0.6 is 0 Å². The Morgan fingerprint density at radius 2 is 0.900 bits per heavy atom. The van der Waals surface area contributed by atoms with Crippen LogP contribution in [0.2, 0.25) is 0 Å². The second-order valence-electron chi connectivity index (χ2n) is 2.12. The van der Waals surface area contributed by atoms with E-state index in [1.54, 1.807) is 14.2 Å². The molecule has 66 valence electrons. The van der Waals surface area contributed by atoms with E-state index in [4.69, 9.17) is 0 Å². The minimum atomic E-state index is 1.25. The summed E-state index contributed by atoms with van der Waals surface area (Å²) in [6, 6.07) is 0. The molecule has 0 rings (SSSR count). The van der Waals surface area contributed by atoms with E-state index in [1.807, 2.05) is 0 Å². The lowest BCUT2D eigenvalue weighted by atomic mass is 10.4. The molecule has 0 aliphatic heterocycles. The fourth-order valence-corrected chi connectivity index (χ4v) is 0. The van der Waals surface area contributed by atoms with Gasteiger partial charge in [-0.05, 0) is 0 Å². The molecule has 0 amide bonds. The van der Waals surface area contributed by atoms with Crippen molar-refractivity contribution in [3.8, 4) is 0 Å². The van der Waals surface area contributed by atoms with Gasteiger partial charge >= 0.3 is 0 Å². The molecule has 0 heterocycles. The molecule has 0 N–H and O–H groups in total. The fourth-order valence-electron chi connectivity index (χ4n) is 0. The van der Waals surface area contributed by atoms with Crippen LogP contribution in [0.15, 0.2) is 0 Å². The Bertz CT molecular complexity index is 16.7.